The molecule has 0 amide bonds. The minimum Gasteiger partial charge on any atom is -0.412 e. The summed E-state index contributed by atoms with van der Waals surface area (Å²) in [6.07, 6.45) is 0. The van der Waals surface area contributed by atoms with Crippen molar-refractivity contribution < 1.29 is 27.2 Å². The topological polar surface area (TPSA) is 79.1 Å². The summed E-state index contributed by atoms with van der Waals surface area (Å²) in [5, 5.41) is 14.5. The van der Waals surface area contributed by atoms with E-state index in [1.807, 2.05) is 0 Å². The molecule has 0 atom stereocenters. The summed E-state index contributed by atoms with van der Waals surface area (Å²) in [7, 11) is 0. The van der Waals surface area contributed by atoms with Gasteiger partial charge in [-0.2, -0.15) is 10.5 Å². The summed E-state index contributed by atoms with van der Waals surface area (Å²) in [5.41, 5.74) is 0. The molecule has 0 aromatic carbocycles. The Morgan fingerprint density at radius 1 is 1.00 bits per heavy atom. The fourth-order valence-corrected chi connectivity index (χ4v) is 0. The molecule has 0 spiro atoms. The first-order valence-electron chi connectivity index (χ1n) is 0.697. The van der Waals surface area contributed by atoms with Crippen LogP contribution in [0.1, 0.15) is 0 Å². The van der Waals surface area contributed by atoms with E-state index in [0.717, 1.165) is 0 Å². The SMILES string of the molecule is N#CC#N.O.[Ti]. The van der Waals surface area contributed by atoms with Crippen molar-refractivity contribution in [2.75, 3.05) is 0 Å². The molecule has 4 heteroatoms. The van der Waals surface area contributed by atoms with Gasteiger partial charge in [-0.3, -0.25) is 0 Å². The van der Waals surface area contributed by atoms with Crippen LogP contribution in [0.5, 0.6) is 0 Å². The summed E-state index contributed by atoms with van der Waals surface area (Å²) in [6, 6.07) is 2.47. The molecule has 0 aromatic heterocycles. The van der Waals surface area contributed by atoms with Crippen molar-refractivity contribution in [1.82, 2.24) is 0 Å². The van der Waals surface area contributed by atoms with Crippen LogP contribution < -0.4 is 0 Å². The molecule has 2 N–H and O–H groups in total. The molecule has 0 rings (SSSR count). The molecule has 30 valence electrons. The zero-order valence-electron chi connectivity index (χ0n) is 2.89. The smallest absolute Gasteiger partial charge is 0.181 e. The molecule has 0 aliphatic rings. The van der Waals surface area contributed by atoms with Gasteiger partial charge in [-0.05, 0) is 0 Å². The Balaban J connectivity index is -0.0000000450. The van der Waals surface area contributed by atoms with Crippen LogP contribution in [-0.2, 0) is 21.7 Å². The average Bonchev–Trinajstić information content (AvgIpc) is 1.37. The van der Waals surface area contributed by atoms with Crippen molar-refractivity contribution in [2.24, 2.45) is 0 Å². The van der Waals surface area contributed by atoms with Crippen LogP contribution in [0.4, 0.5) is 0 Å². The minimum absolute atomic E-state index is 0. The van der Waals surface area contributed by atoms with Gasteiger partial charge in [0.1, 0.15) is 0 Å². The van der Waals surface area contributed by atoms with Gasteiger partial charge in [0.15, 0.2) is 12.1 Å². The van der Waals surface area contributed by atoms with Crippen molar-refractivity contribution in [1.29, 1.82) is 10.5 Å². The largest absolute Gasteiger partial charge is 0.412 e. The Hall–Kier alpha value is -0.346. The molecule has 0 radical (unpaired) electrons. The van der Waals surface area contributed by atoms with Crippen LogP contribution in [-0.4, -0.2) is 5.48 Å². The number of hydrogen-bond acceptors (Lipinski definition) is 2. The predicted octanol–water partition coefficient (Wildman–Crippen LogP) is -0.794. The van der Waals surface area contributed by atoms with Crippen LogP contribution in [0, 0.1) is 22.7 Å². The number of nitrogens with zero attached hydrogens (tertiary/aromatic N) is 2. The molecular formula is C2H2N2OTi. The second-order valence-electron chi connectivity index (χ2n) is 0.224. The van der Waals surface area contributed by atoms with E-state index in [-0.39, 0.29) is 27.2 Å². The molecule has 0 unspecified atom stereocenters. The van der Waals surface area contributed by atoms with E-state index in [4.69, 9.17) is 10.5 Å². The Kier molecular flexibility index (Phi) is 65.8. The molecule has 0 saturated heterocycles. The monoisotopic (exact) mass is 118 g/mol. The Morgan fingerprint density at radius 2 is 1.17 bits per heavy atom. The molecule has 0 heterocycles. The van der Waals surface area contributed by atoms with Gasteiger partial charge in [0.25, 0.3) is 0 Å². The quantitative estimate of drug-likeness (QED) is 0.390. The maximum Gasteiger partial charge on any atom is 0.181 e. The molecule has 6 heavy (non-hydrogen) atoms. The van der Waals surface area contributed by atoms with Gasteiger partial charge in [0.05, 0.1) is 0 Å². The zero-order chi connectivity index (χ0) is 3.41. The summed E-state index contributed by atoms with van der Waals surface area (Å²) in [4.78, 5) is 0. The predicted molar refractivity (Wildman–Crippen MR) is 14.8 cm³/mol. The molecule has 0 bridgehead atoms. The fourth-order valence-electron chi connectivity index (χ4n) is 0. The van der Waals surface area contributed by atoms with E-state index in [1.165, 1.54) is 12.1 Å². The number of nitriles is 2. The third kappa shape index (κ3) is 60.1. The number of rotatable bonds is 0. The summed E-state index contributed by atoms with van der Waals surface area (Å²) in [5.74, 6) is 0. The van der Waals surface area contributed by atoms with Crippen LogP contribution in [0.3, 0.4) is 0 Å². The maximum absolute atomic E-state index is 7.26. The van der Waals surface area contributed by atoms with Gasteiger partial charge in [-0.15, -0.1) is 0 Å². The molecule has 0 aromatic rings. The van der Waals surface area contributed by atoms with E-state index in [2.05, 4.69) is 0 Å². The summed E-state index contributed by atoms with van der Waals surface area (Å²) >= 11 is 0. The third-order valence-corrected chi connectivity index (χ3v) is 0.0500. The minimum atomic E-state index is 0. The molecule has 0 aliphatic carbocycles. The van der Waals surface area contributed by atoms with E-state index in [1.54, 1.807) is 0 Å². The Morgan fingerprint density at radius 3 is 1.17 bits per heavy atom. The van der Waals surface area contributed by atoms with Crippen LogP contribution in [0.15, 0.2) is 0 Å². The zero-order valence-corrected chi connectivity index (χ0v) is 4.46. The van der Waals surface area contributed by atoms with E-state index < -0.39 is 0 Å². The Labute approximate surface area is 50.4 Å². The average molecular weight is 118 g/mol. The molecule has 0 saturated carbocycles. The van der Waals surface area contributed by atoms with E-state index in [9.17, 15) is 0 Å². The fraction of sp³-hybridized carbons (Fsp3) is 0. The van der Waals surface area contributed by atoms with Gasteiger partial charge in [0, 0.05) is 21.7 Å². The van der Waals surface area contributed by atoms with Gasteiger partial charge in [-0.25, -0.2) is 0 Å². The van der Waals surface area contributed by atoms with Gasteiger partial charge in [0.2, 0.25) is 0 Å². The van der Waals surface area contributed by atoms with Gasteiger partial charge < -0.3 is 5.48 Å². The normalized spacial score (nSPS) is 1.67. The maximum atomic E-state index is 7.26. The molecule has 3 nitrogen and oxygen atoms in total. The van der Waals surface area contributed by atoms with Gasteiger partial charge >= 0.3 is 0 Å². The van der Waals surface area contributed by atoms with Gasteiger partial charge in [-0.1, -0.05) is 0 Å². The molecule has 0 aliphatic heterocycles. The van der Waals surface area contributed by atoms with E-state index in [0.29, 0.717) is 0 Å². The second-order valence-corrected chi connectivity index (χ2v) is 0.224. The number of hydrogen-bond donors (Lipinski definition) is 0. The third-order valence-electron chi connectivity index (χ3n) is 0.0500. The van der Waals surface area contributed by atoms with Crippen molar-refractivity contribution >= 4 is 0 Å². The summed E-state index contributed by atoms with van der Waals surface area (Å²) in [6.45, 7) is 0. The van der Waals surface area contributed by atoms with Crippen LogP contribution in [0.2, 0.25) is 0 Å². The first kappa shape index (κ1) is 17.4. The van der Waals surface area contributed by atoms with Crippen LogP contribution >= 0.6 is 0 Å². The first-order chi connectivity index (χ1) is 1.91. The Bertz CT molecular complexity index is 66.5. The molecular weight excluding hydrogens is 116 g/mol. The van der Waals surface area contributed by atoms with Crippen LogP contribution in [0.25, 0.3) is 0 Å². The van der Waals surface area contributed by atoms with Crippen molar-refractivity contribution in [3.8, 4) is 12.1 Å². The van der Waals surface area contributed by atoms with Crippen molar-refractivity contribution in [3.63, 3.8) is 0 Å². The standard InChI is InChI=1S/C2N2.H2O.Ti/c3-1-2-4;;/h;1H2;. The van der Waals surface area contributed by atoms with Crippen molar-refractivity contribution in [2.45, 2.75) is 0 Å². The summed E-state index contributed by atoms with van der Waals surface area (Å²) < 4.78 is 0. The first-order valence-corrected chi connectivity index (χ1v) is 0.697. The second kappa shape index (κ2) is 22.7. The molecule has 0 fully saturated rings. The van der Waals surface area contributed by atoms with Crippen molar-refractivity contribution in [3.05, 3.63) is 0 Å². The van der Waals surface area contributed by atoms with E-state index >= 15 is 0 Å².